The second kappa shape index (κ2) is 7.78. The number of rotatable bonds is 5. The molecule has 0 radical (unpaired) electrons. The number of amides is 1. The van der Waals surface area contributed by atoms with Crippen molar-refractivity contribution in [3.63, 3.8) is 0 Å². The number of carbonyl (C=O) groups excluding carboxylic acids is 1. The predicted molar refractivity (Wildman–Crippen MR) is 108 cm³/mol. The van der Waals surface area contributed by atoms with Gasteiger partial charge in [0.25, 0.3) is 0 Å². The fourth-order valence-electron chi connectivity index (χ4n) is 2.93. The van der Waals surface area contributed by atoms with Crippen LogP contribution in [-0.2, 0) is 11.3 Å². The van der Waals surface area contributed by atoms with E-state index in [1.54, 1.807) is 29.0 Å². The Morgan fingerprint density at radius 2 is 2.00 bits per heavy atom. The van der Waals surface area contributed by atoms with Gasteiger partial charge in [-0.15, -0.1) is 0 Å². The maximum atomic E-state index is 12.3. The van der Waals surface area contributed by atoms with E-state index in [9.17, 15) is 4.79 Å². The molecule has 3 aromatic rings. The molecule has 2 aromatic carbocycles. The molecule has 0 aliphatic carbocycles. The molecular formula is C21H18ClN3O3. The molecule has 1 aliphatic rings. The molecule has 0 saturated carbocycles. The van der Waals surface area contributed by atoms with E-state index >= 15 is 0 Å². The van der Waals surface area contributed by atoms with Gasteiger partial charge in [-0.3, -0.25) is 4.79 Å². The largest absolute Gasteiger partial charge is 0.454 e. The van der Waals surface area contributed by atoms with Crippen LogP contribution in [0.25, 0.3) is 6.08 Å². The third-order valence-corrected chi connectivity index (χ3v) is 4.72. The summed E-state index contributed by atoms with van der Waals surface area (Å²) in [7, 11) is 0. The highest BCUT2D eigenvalue weighted by Gasteiger charge is 2.14. The molecule has 1 amide bonds. The predicted octanol–water partition coefficient (Wildman–Crippen LogP) is 4.27. The lowest BCUT2D eigenvalue weighted by atomic mass is 10.2. The topological polar surface area (TPSA) is 65.4 Å². The van der Waals surface area contributed by atoms with Gasteiger partial charge in [0.05, 0.1) is 12.2 Å². The quantitative estimate of drug-likeness (QED) is 0.655. The molecule has 0 saturated heterocycles. The fraction of sp³-hybridized carbons (Fsp3) is 0.143. The summed E-state index contributed by atoms with van der Waals surface area (Å²) >= 11 is 6.47. The van der Waals surface area contributed by atoms with Gasteiger partial charge in [0.15, 0.2) is 11.5 Å². The van der Waals surface area contributed by atoms with Crippen molar-refractivity contribution in [2.45, 2.75) is 13.5 Å². The number of aromatic nitrogens is 2. The van der Waals surface area contributed by atoms with Crippen molar-refractivity contribution < 1.29 is 14.3 Å². The first-order valence-corrected chi connectivity index (χ1v) is 9.13. The van der Waals surface area contributed by atoms with Gasteiger partial charge in [-0.1, -0.05) is 41.9 Å². The van der Waals surface area contributed by atoms with Gasteiger partial charge in [0.2, 0.25) is 12.7 Å². The first kappa shape index (κ1) is 18.1. The van der Waals surface area contributed by atoms with Crippen molar-refractivity contribution in [2.24, 2.45) is 0 Å². The molecule has 0 bridgehead atoms. The summed E-state index contributed by atoms with van der Waals surface area (Å²) in [6.07, 6.45) is 3.11. The highest BCUT2D eigenvalue weighted by molar-refractivity contribution is 6.31. The maximum Gasteiger partial charge on any atom is 0.248 e. The number of ether oxygens (including phenoxy) is 2. The molecule has 1 aromatic heterocycles. The van der Waals surface area contributed by atoms with Crippen molar-refractivity contribution in [3.8, 4) is 11.5 Å². The zero-order valence-corrected chi connectivity index (χ0v) is 15.9. The van der Waals surface area contributed by atoms with E-state index in [2.05, 4.69) is 10.4 Å². The van der Waals surface area contributed by atoms with Crippen LogP contribution >= 0.6 is 11.6 Å². The molecule has 0 atom stereocenters. The standard InChI is InChI=1S/C21H18ClN3O3/c1-14-17(21(22)25(24-14)12-15-5-3-2-4-6-15)8-10-20(26)23-16-7-9-18-19(11-16)28-13-27-18/h2-11H,12-13H2,1H3,(H,23,26)/b10-8+. The summed E-state index contributed by atoms with van der Waals surface area (Å²) in [5.41, 5.74) is 3.20. The zero-order valence-electron chi connectivity index (χ0n) is 15.2. The molecule has 1 N–H and O–H groups in total. The Hall–Kier alpha value is -3.25. The molecule has 2 heterocycles. The first-order valence-electron chi connectivity index (χ1n) is 8.76. The van der Waals surface area contributed by atoms with Crippen LogP contribution in [0.4, 0.5) is 5.69 Å². The number of anilines is 1. The Bertz CT molecular complexity index is 1040. The van der Waals surface area contributed by atoms with E-state index < -0.39 is 0 Å². The number of halogens is 1. The van der Waals surface area contributed by atoms with Gasteiger partial charge in [-0.2, -0.15) is 5.10 Å². The fourth-order valence-corrected chi connectivity index (χ4v) is 3.23. The minimum absolute atomic E-state index is 0.192. The van der Waals surface area contributed by atoms with Crippen molar-refractivity contribution in [1.29, 1.82) is 0 Å². The number of carbonyl (C=O) groups is 1. The van der Waals surface area contributed by atoms with Crippen LogP contribution in [0, 0.1) is 6.92 Å². The average molecular weight is 396 g/mol. The third kappa shape index (κ3) is 3.87. The molecule has 7 heteroatoms. The van der Waals surface area contributed by atoms with Crippen molar-refractivity contribution in [1.82, 2.24) is 9.78 Å². The Morgan fingerprint density at radius 3 is 2.82 bits per heavy atom. The number of benzene rings is 2. The summed E-state index contributed by atoms with van der Waals surface area (Å²) in [5.74, 6) is 1.01. The van der Waals surface area contributed by atoms with E-state index in [1.807, 2.05) is 37.3 Å². The molecular weight excluding hydrogens is 378 g/mol. The first-order chi connectivity index (χ1) is 13.6. The Labute approximate surface area is 167 Å². The SMILES string of the molecule is Cc1nn(Cc2ccccc2)c(Cl)c1/C=C/C(=O)Nc1ccc2c(c1)OCO2. The second-order valence-corrected chi connectivity index (χ2v) is 6.68. The summed E-state index contributed by atoms with van der Waals surface area (Å²) in [6.45, 7) is 2.62. The molecule has 1 aliphatic heterocycles. The van der Waals surface area contributed by atoms with Crippen LogP contribution in [0.3, 0.4) is 0 Å². The number of fused-ring (bicyclic) bond motifs is 1. The molecule has 6 nitrogen and oxygen atoms in total. The molecule has 0 fully saturated rings. The highest BCUT2D eigenvalue weighted by Crippen LogP contribution is 2.34. The molecule has 28 heavy (non-hydrogen) atoms. The molecule has 4 rings (SSSR count). The summed E-state index contributed by atoms with van der Waals surface area (Å²) in [5, 5.41) is 7.77. The number of hydrogen-bond donors (Lipinski definition) is 1. The van der Waals surface area contributed by atoms with Gasteiger partial charge in [0.1, 0.15) is 5.15 Å². The molecule has 142 valence electrons. The van der Waals surface area contributed by atoms with Crippen molar-refractivity contribution >= 4 is 29.3 Å². The summed E-state index contributed by atoms with van der Waals surface area (Å²) in [4.78, 5) is 12.3. The minimum Gasteiger partial charge on any atom is -0.454 e. The van der Waals surface area contributed by atoms with Crippen molar-refractivity contribution in [2.75, 3.05) is 12.1 Å². The normalized spacial score (nSPS) is 12.5. The monoisotopic (exact) mass is 395 g/mol. The lowest BCUT2D eigenvalue weighted by Gasteiger charge is -2.04. The summed E-state index contributed by atoms with van der Waals surface area (Å²) in [6, 6.07) is 15.2. The van der Waals surface area contributed by atoms with Crippen LogP contribution < -0.4 is 14.8 Å². The van der Waals surface area contributed by atoms with Gasteiger partial charge in [-0.25, -0.2) is 4.68 Å². The van der Waals surface area contributed by atoms with Crippen LogP contribution in [0.2, 0.25) is 5.15 Å². The maximum absolute atomic E-state index is 12.3. The van der Waals surface area contributed by atoms with Crippen LogP contribution in [-0.4, -0.2) is 22.5 Å². The number of nitrogens with zero attached hydrogens (tertiary/aromatic N) is 2. The van der Waals surface area contributed by atoms with Gasteiger partial charge in [-0.05, 0) is 30.7 Å². The Morgan fingerprint density at radius 1 is 1.21 bits per heavy atom. The minimum atomic E-state index is -0.273. The Kier molecular flexibility index (Phi) is 5.04. The van der Waals surface area contributed by atoms with Crippen LogP contribution in [0.5, 0.6) is 11.5 Å². The molecule has 0 spiro atoms. The zero-order chi connectivity index (χ0) is 19.5. The Balaban J connectivity index is 1.46. The van der Waals surface area contributed by atoms with Crippen LogP contribution in [0.1, 0.15) is 16.8 Å². The lowest BCUT2D eigenvalue weighted by molar-refractivity contribution is -0.111. The van der Waals surface area contributed by atoms with E-state index in [4.69, 9.17) is 21.1 Å². The average Bonchev–Trinajstić information content (AvgIpc) is 3.25. The lowest BCUT2D eigenvalue weighted by Crippen LogP contribution is -2.07. The highest BCUT2D eigenvalue weighted by atomic mass is 35.5. The third-order valence-electron chi connectivity index (χ3n) is 4.33. The van der Waals surface area contributed by atoms with Gasteiger partial charge >= 0.3 is 0 Å². The smallest absolute Gasteiger partial charge is 0.248 e. The van der Waals surface area contributed by atoms with E-state index in [1.165, 1.54) is 6.08 Å². The van der Waals surface area contributed by atoms with Crippen molar-refractivity contribution in [3.05, 3.63) is 76.6 Å². The molecule has 0 unspecified atom stereocenters. The van der Waals surface area contributed by atoms with E-state index in [0.29, 0.717) is 28.9 Å². The van der Waals surface area contributed by atoms with E-state index in [-0.39, 0.29) is 12.7 Å². The number of hydrogen-bond acceptors (Lipinski definition) is 4. The number of nitrogens with one attached hydrogen (secondary N) is 1. The van der Waals surface area contributed by atoms with E-state index in [0.717, 1.165) is 16.8 Å². The number of aryl methyl sites for hydroxylation is 1. The summed E-state index contributed by atoms with van der Waals surface area (Å²) < 4.78 is 12.3. The van der Waals surface area contributed by atoms with Gasteiger partial charge in [0, 0.05) is 23.4 Å². The second-order valence-electron chi connectivity index (χ2n) is 6.32. The van der Waals surface area contributed by atoms with Gasteiger partial charge < -0.3 is 14.8 Å². The van der Waals surface area contributed by atoms with Crippen LogP contribution in [0.15, 0.2) is 54.6 Å².